The van der Waals surface area contributed by atoms with E-state index in [1.807, 2.05) is 11.6 Å². The van der Waals surface area contributed by atoms with Crippen molar-refractivity contribution in [3.05, 3.63) is 29.1 Å². The molecule has 170 valence electrons. The van der Waals surface area contributed by atoms with Crippen molar-refractivity contribution >= 4 is 22.7 Å². The van der Waals surface area contributed by atoms with Crippen molar-refractivity contribution in [2.45, 2.75) is 75.7 Å². The number of ketones is 1. The minimum atomic E-state index is -0.207. The van der Waals surface area contributed by atoms with E-state index >= 15 is 0 Å². The van der Waals surface area contributed by atoms with E-state index in [0.29, 0.717) is 30.1 Å². The first-order valence-corrected chi connectivity index (χ1v) is 12.5. The molecule has 1 atom stereocenters. The van der Waals surface area contributed by atoms with Crippen LogP contribution in [0.5, 0.6) is 0 Å². The van der Waals surface area contributed by atoms with Gasteiger partial charge < -0.3 is 14.6 Å². The van der Waals surface area contributed by atoms with E-state index in [4.69, 9.17) is 4.98 Å². The number of aliphatic hydroxyl groups excluding tert-OH is 1. The fourth-order valence-corrected chi connectivity index (χ4v) is 6.04. The SMILES string of the molecule is Cn1c(C(=O)N2CC[C@H](C3CCC(O)CC3)C(=O)C2)nc2c(C3CC3)cc(C3CC3)cc21. The van der Waals surface area contributed by atoms with Crippen LogP contribution in [0.3, 0.4) is 0 Å². The number of amides is 1. The Labute approximate surface area is 189 Å². The van der Waals surface area contributed by atoms with Crippen LogP contribution in [0.2, 0.25) is 0 Å². The molecule has 1 saturated heterocycles. The monoisotopic (exact) mass is 435 g/mol. The molecule has 3 saturated carbocycles. The first kappa shape index (κ1) is 20.4. The zero-order valence-electron chi connectivity index (χ0n) is 18.9. The normalized spacial score (nSPS) is 29.0. The van der Waals surface area contributed by atoms with Crippen LogP contribution < -0.4 is 0 Å². The maximum atomic E-state index is 13.4. The van der Waals surface area contributed by atoms with Crippen molar-refractivity contribution in [3.8, 4) is 0 Å². The summed E-state index contributed by atoms with van der Waals surface area (Å²) in [5.41, 5.74) is 4.75. The minimum Gasteiger partial charge on any atom is -0.393 e. The van der Waals surface area contributed by atoms with Gasteiger partial charge in [-0.1, -0.05) is 6.07 Å². The Bertz CT molecular complexity index is 1070. The number of aliphatic hydroxyl groups is 1. The molecule has 2 heterocycles. The number of carbonyl (C=O) groups excluding carboxylic acids is 2. The standard InChI is InChI=1S/C26H33N3O3/c1-28-22-13-18(15-2-3-15)12-21(17-4-5-17)24(22)27-25(28)26(32)29-11-10-20(23(31)14-29)16-6-8-19(30)9-7-16/h12-13,15-17,19-20,30H,2-11,14H2,1H3/t16?,19?,20-/m1/s1. The van der Waals surface area contributed by atoms with Gasteiger partial charge in [0.05, 0.1) is 23.7 Å². The number of fused-ring (bicyclic) bond motifs is 1. The number of aromatic nitrogens is 2. The molecular weight excluding hydrogens is 402 g/mol. The van der Waals surface area contributed by atoms with Crippen molar-refractivity contribution in [2.24, 2.45) is 18.9 Å². The van der Waals surface area contributed by atoms with Gasteiger partial charge in [0.15, 0.2) is 11.6 Å². The van der Waals surface area contributed by atoms with E-state index < -0.39 is 0 Å². The largest absolute Gasteiger partial charge is 0.393 e. The number of carbonyl (C=O) groups is 2. The summed E-state index contributed by atoms with van der Waals surface area (Å²) in [5, 5.41) is 9.78. The van der Waals surface area contributed by atoms with Crippen molar-refractivity contribution in [1.29, 1.82) is 0 Å². The fourth-order valence-electron chi connectivity index (χ4n) is 6.04. The predicted molar refractivity (Wildman–Crippen MR) is 122 cm³/mol. The Hall–Kier alpha value is -2.21. The molecule has 3 aliphatic carbocycles. The molecule has 2 aromatic rings. The fraction of sp³-hybridized carbons (Fsp3) is 0.654. The van der Waals surface area contributed by atoms with Crippen LogP contribution in [0, 0.1) is 11.8 Å². The summed E-state index contributed by atoms with van der Waals surface area (Å²) in [6.45, 7) is 0.800. The topological polar surface area (TPSA) is 75.4 Å². The number of hydrogen-bond acceptors (Lipinski definition) is 4. The second-order valence-corrected chi connectivity index (χ2v) is 10.7. The number of aryl methyl sites for hydroxylation is 1. The number of nitrogens with zero attached hydrogens (tertiary/aromatic N) is 3. The molecule has 32 heavy (non-hydrogen) atoms. The number of imidazole rings is 1. The maximum Gasteiger partial charge on any atom is 0.290 e. The van der Waals surface area contributed by atoms with Gasteiger partial charge in [0.25, 0.3) is 5.91 Å². The lowest BCUT2D eigenvalue weighted by Crippen LogP contribution is -2.47. The van der Waals surface area contributed by atoms with Crippen LogP contribution in [-0.4, -0.2) is 50.4 Å². The van der Waals surface area contributed by atoms with E-state index in [0.717, 1.165) is 43.1 Å². The molecular formula is C26H33N3O3. The summed E-state index contributed by atoms with van der Waals surface area (Å²) in [4.78, 5) is 33.0. The highest BCUT2D eigenvalue weighted by Crippen LogP contribution is 2.47. The van der Waals surface area contributed by atoms with E-state index in [1.54, 1.807) is 4.90 Å². The maximum absolute atomic E-state index is 13.4. The molecule has 4 fully saturated rings. The van der Waals surface area contributed by atoms with Gasteiger partial charge in [-0.05, 0) is 92.7 Å². The van der Waals surface area contributed by atoms with Gasteiger partial charge in [0.1, 0.15) is 0 Å². The summed E-state index contributed by atoms with van der Waals surface area (Å²) >= 11 is 0. The molecule has 0 bridgehead atoms. The lowest BCUT2D eigenvalue weighted by atomic mass is 9.74. The molecule has 0 radical (unpaired) electrons. The summed E-state index contributed by atoms with van der Waals surface area (Å²) < 4.78 is 1.95. The number of benzene rings is 1. The molecule has 0 unspecified atom stereocenters. The van der Waals surface area contributed by atoms with Gasteiger partial charge in [0.2, 0.25) is 0 Å². The van der Waals surface area contributed by atoms with Gasteiger partial charge in [-0.2, -0.15) is 0 Å². The average molecular weight is 436 g/mol. The summed E-state index contributed by atoms with van der Waals surface area (Å²) in [5.74, 6) is 2.17. The van der Waals surface area contributed by atoms with Crippen LogP contribution >= 0.6 is 0 Å². The van der Waals surface area contributed by atoms with Crippen molar-refractivity contribution in [2.75, 3.05) is 13.1 Å². The van der Waals surface area contributed by atoms with Gasteiger partial charge in [-0.25, -0.2) is 4.98 Å². The lowest BCUT2D eigenvalue weighted by molar-refractivity contribution is -0.128. The zero-order valence-corrected chi connectivity index (χ0v) is 18.9. The van der Waals surface area contributed by atoms with Crippen LogP contribution in [0.1, 0.15) is 91.4 Å². The molecule has 6 rings (SSSR count). The summed E-state index contributed by atoms with van der Waals surface area (Å²) in [6, 6.07) is 4.58. The van der Waals surface area contributed by atoms with Crippen molar-refractivity contribution in [1.82, 2.24) is 14.5 Å². The molecule has 1 amide bonds. The van der Waals surface area contributed by atoms with Gasteiger partial charge >= 0.3 is 0 Å². The molecule has 1 aromatic carbocycles. The highest BCUT2D eigenvalue weighted by Gasteiger charge is 2.38. The number of likely N-dealkylation sites (tertiary alicyclic amines) is 1. The van der Waals surface area contributed by atoms with Gasteiger partial charge in [-0.15, -0.1) is 0 Å². The highest BCUT2D eigenvalue weighted by atomic mass is 16.3. The van der Waals surface area contributed by atoms with Crippen LogP contribution in [0.15, 0.2) is 12.1 Å². The lowest BCUT2D eigenvalue weighted by Gasteiger charge is -2.37. The Morgan fingerprint density at radius 1 is 1.00 bits per heavy atom. The van der Waals surface area contributed by atoms with Gasteiger partial charge in [0, 0.05) is 19.5 Å². The molecule has 1 N–H and O–H groups in total. The molecule has 1 aliphatic heterocycles. The van der Waals surface area contributed by atoms with E-state index in [9.17, 15) is 14.7 Å². The predicted octanol–water partition coefficient (Wildman–Crippen LogP) is 3.91. The zero-order chi connectivity index (χ0) is 22.0. The third-order valence-corrected chi connectivity index (χ3v) is 8.36. The summed E-state index contributed by atoms with van der Waals surface area (Å²) in [7, 11) is 1.94. The molecule has 6 heteroatoms. The van der Waals surface area contributed by atoms with E-state index in [-0.39, 0.29) is 30.3 Å². The summed E-state index contributed by atoms with van der Waals surface area (Å²) in [6.07, 6.45) is 8.90. The Kier molecular flexibility index (Phi) is 4.90. The number of hydrogen-bond donors (Lipinski definition) is 1. The number of piperidine rings is 1. The number of rotatable bonds is 4. The third kappa shape index (κ3) is 3.57. The smallest absolute Gasteiger partial charge is 0.290 e. The average Bonchev–Trinajstić information content (AvgIpc) is 3.71. The first-order chi connectivity index (χ1) is 15.5. The minimum absolute atomic E-state index is 0.0366. The second kappa shape index (κ2) is 7.68. The molecule has 6 nitrogen and oxygen atoms in total. The Morgan fingerprint density at radius 2 is 1.72 bits per heavy atom. The van der Waals surface area contributed by atoms with E-state index in [2.05, 4.69) is 12.1 Å². The van der Waals surface area contributed by atoms with Crippen molar-refractivity contribution < 1.29 is 14.7 Å². The molecule has 1 aromatic heterocycles. The van der Waals surface area contributed by atoms with Crippen LogP contribution in [0.4, 0.5) is 0 Å². The Morgan fingerprint density at radius 3 is 2.38 bits per heavy atom. The van der Waals surface area contributed by atoms with Crippen molar-refractivity contribution in [3.63, 3.8) is 0 Å². The van der Waals surface area contributed by atoms with Gasteiger partial charge in [-0.3, -0.25) is 9.59 Å². The number of Topliss-reactive ketones (excluding diaryl/α,β-unsaturated/α-hetero) is 1. The Balaban J connectivity index is 1.24. The van der Waals surface area contributed by atoms with Crippen LogP contribution in [0.25, 0.3) is 11.0 Å². The second-order valence-electron chi connectivity index (χ2n) is 10.7. The highest BCUT2D eigenvalue weighted by molar-refractivity contribution is 5.98. The molecule has 0 spiro atoms. The first-order valence-electron chi connectivity index (χ1n) is 12.5. The van der Waals surface area contributed by atoms with Crippen LogP contribution in [-0.2, 0) is 11.8 Å². The quantitative estimate of drug-likeness (QED) is 0.790. The van der Waals surface area contributed by atoms with E-state index in [1.165, 1.54) is 36.8 Å². The third-order valence-electron chi connectivity index (χ3n) is 8.36. The molecule has 4 aliphatic rings.